The summed E-state index contributed by atoms with van der Waals surface area (Å²) in [5.41, 5.74) is 3.29. The summed E-state index contributed by atoms with van der Waals surface area (Å²) in [4.78, 5) is 21.6. The fourth-order valence-corrected chi connectivity index (χ4v) is 3.97. The molecule has 1 aliphatic heterocycles. The third-order valence-electron chi connectivity index (χ3n) is 5.64. The molecule has 2 aromatic carbocycles. The number of fused-ring (bicyclic) bond motifs is 1. The predicted octanol–water partition coefficient (Wildman–Crippen LogP) is 3.58. The first-order valence-corrected chi connectivity index (χ1v) is 10.6. The molecule has 2 aromatic heterocycles. The molecule has 32 heavy (non-hydrogen) atoms. The Morgan fingerprint density at radius 3 is 2.62 bits per heavy atom. The summed E-state index contributed by atoms with van der Waals surface area (Å²) in [6, 6.07) is 20.4. The topological polar surface area (TPSA) is 70.3 Å². The van der Waals surface area contributed by atoms with Crippen molar-refractivity contribution in [2.75, 3.05) is 31.1 Å². The van der Waals surface area contributed by atoms with E-state index in [2.05, 4.69) is 9.88 Å². The first-order chi connectivity index (χ1) is 15.7. The van der Waals surface area contributed by atoms with Crippen molar-refractivity contribution in [2.45, 2.75) is 6.61 Å². The number of phenolic OH excluding ortho intramolecular Hbond substituents is 1. The molecule has 0 spiro atoms. The van der Waals surface area contributed by atoms with Crippen LogP contribution in [0.2, 0.25) is 0 Å². The maximum absolute atomic E-state index is 13.0. The van der Waals surface area contributed by atoms with E-state index in [9.17, 15) is 9.90 Å². The van der Waals surface area contributed by atoms with E-state index in [1.54, 1.807) is 18.2 Å². The zero-order chi connectivity index (χ0) is 21.9. The van der Waals surface area contributed by atoms with Crippen LogP contribution in [0.4, 0.5) is 5.69 Å². The molecule has 4 aromatic rings. The summed E-state index contributed by atoms with van der Waals surface area (Å²) in [6.45, 7) is 3.03. The molecule has 1 N–H and O–H groups in total. The van der Waals surface area contributed by atoms with Crippen molar-refractivity contribution in [1.29, 1.82) is 0 Å². The molecule has 162 valence electrons. The number of amides is 1. The van der Waals surface area contributed by atoms with E-state index in [1.807, 2.05) is 70.2 Å². The summed E-state index contributed by atoms with van der Waals surface area (Å²) in [6.07, 6.45) is 3.89. The highest BCUT2D eigenvalue weighted by atomic mass is 16.5. The van der Waals surface area contributed by atoms with Crippen molar-refractivity contribution in [2.24, 2.45) is 0 Å². The van der Waals surface area contributed by atoms with Gasteiger partial charge in [-0.2, -0.15) is 0 Å². The van der Waals surface area contributed by atoms with Crippen LogP contribution >= 0.6 is 0 Å². The average Bonchev–Trinajstić information content (AvgIpc) is 3.26. The van der Waals surface area contributed by atoms with E-state index in [1.165, 1.54) is 0 Å². The minimum atomic E-state index is -0.00117. The van der Waals surface area contributed by atoms with Gasteiger partial charge in [-0.1, -0.05) is 18.2 Å². The SMILES string of the molecule is O=C(c1cccc(OCc2cn3ccccc3n2)c1)N1CCN(c2cccc(O)c2)CC1. The lowest BCUT2D eigenvalue weighted by atomic mass is 10.1. The number of aromatic nitrogens is 2. The lowest BCUT2D eigenvalue weighted by Gasteiger charge is -2.36. The molecule has 3 heterocycles. The highest BCUT2D eigenvalue weighted by Crippen LogP contribution is 2.22. The number of anilines is 1. The second kappa shape index (κ2) is 8.63. The Hall–Kier alpha value is -4.00. The van der Waals surface area contributed by atoms with Gasteiger partial charge in [0.2, 0.25) is 0 Å². The van der Waals surface area contributed by atoms with Crippen LogP contribution in [0.25, 0.3) is 5.65 Å². The Balaban J connectivity index is 1.21. The molecule has 1 amide bonds. The highest BCUT2D eigenvalue weighted by Gasteiger charge is 2.22. The van der Waals surface area contributed by atoms with E-state index in [-0.39, 0.29) is 11.7 Å². The van der Waals surface area contributed by atoms with Gasteiger partial charge in [-0.25, -0.2) is 4.98 Å². The van der Waals surface area contributed by atoms with Crippen LogP contribution in [-0.2, 0) is 6.61 Å². The van der Waals surface area contributed by atoms with Crippen molar-refractivity contribution in [3.63, 3.8) is 0 Å². The number of piperazine rings is 1. The van der Waals surface area contributed by atoms with Crippen molar-refractivity contribution in [3.05, 3.63) is 90.4 Å². The van der Waals surface area contributed by atoms with Crippen LogP contribution in [-0.4, -0.2) is 51.5 Å². The predicted molar refractivity (Wildman–Crippen MR) is 122 cm³/mol. The first-order valence-electron chi connectivity index (χ1n) is 10.6. The van der Waals surface area contributed by atoms with E-state index in [0.29, 0.717) is 31.0 Å². The maximum Gasteiger partial charge on any atom is 0.254 e. The van der Waals surface area contributed by atoms with Crippen LogP contribution < -0.4 is 9.64 Å². The molecular weight excluding hydrogens is 404 g/mol. The molecule has 0 atom stereocenters. The molecule has 7 nitrogen and oxygen atoms in total. The van der Waals surface area contributed by atoms with Crippen molar-refractivity contribution < 1.29 is 14.6 Å². The summed E-state index contributed by atoms with van der Waals surface area (Å²) < 4.78 is 7.86. The number of nitrogens with zero attached hydrogens (tertiary/aromatic N) is 4. The number of carbonyl (C=O) groups excluding carboxylic acids is 1. The van der Waals surface area contributed by atoms with Crippen molar-refractivity contribution >= 4 is 17.2 Å². The molecule has 7 heteroatoms. The van der Waals surface area contributed by atoms with Crippen LogP contribution in [0.1, 0.15) is 16.1 Å². The molecule has 0 radical (unpaired) electrons. The Morgan fingerprint density at radius 2 is 1.81 bits per heavy atom. The molecule has 5 rings (SSSR count). The van der Waals surface area contributed by atoms with Crippen molar-refractivity contribution in [3.8, 4) is 11.5 Å². The van der Waals surface area contributed by atoms with Crippen LogP contribution in [0.15, 0.2) is 79.1 Å². The van der Waals surface area contributed by atoms with E-state index < -0.39 is 0 Å². The summed E-state index contributed by atoms with van der Waals surface area (Å²) in [5.74, 6) is 0.895. The third kappa shape index (κ3) is 4.23. The average molecular weight is 428 g/mol. The number of carbonyl (C=O) groups is 1. The van der Waals surface area contributed by atoms with Gasteiger partial charge >= 0.3 is 0 Å². The van der Waals surface area contributed by atoms with Gasteiger partial charge in [0.25, 0.3) is 5.91 Å². The van der Waals surface area contributed by atoms with Gasteiger partial charge in [-0.3, -0.25) is 4.79 Å². The van der Waals surface area contributed by atoms with Gasteiger partial charge in [-0.15, -0.1) is 0 Å². The Labute approximate surface area is 186 Å². The number of rotatable bonds is 5. The molecule has 0 saturated carbocycles. The largest absolute Gasteiger partial charge is 0.508 e. The summed E-state index contributed by atoms with van der Waals surface area (Å²) in [5, 5.41) is 9.70. The maximum atomic E-state index is 13.0. The quantitative estimate of drug-likeness (QED) is 0.526. The second-order valence-electron chi connectivity index (χ2n) is 7.81. The van der Waals surface area contributed by atoms with Crippen LogP contribution in [0.3, 0.4) is 0 Å². The molecular formula is C25H24N4O3. The minimum absolute atomic E-state index is 0.00117. The number of benzene rings is 2. The van der Waals surface area contributed by atoms with Crippen LogP contribution in [0, 0.1) is 0 Å². The lowest BCUT2D eigenvalue weighted by Crippen LogP contribution is -2.48. The monoisotopic (exact) mass is 428 g/mol. The Bertz CT molecular complexity index is 1210. The minimum Gasteiger partial charge on any atom is -0.508 e. The third-order valence-corrected chi connectivity index (χ3v) is 5.64. The normalized spacial score (nSPS) is 14.0. The van der Waals surface area contributed by atoms with Gasteiger partial charge < -0.3 is 24.0 Å². The molecule has 1 aliphatic rings. The number of phenols is 1. The molecule has 0 aliphatic carbocycles. The molecule has 0 unspecified atom stereocenters. The van der Waals surface area contributed by atoms with E-state index in [4.69, 9.17) is 4.74 Å². The number of imidazole rings is 1. The zero-order valence-corrected chi connectivity index (χ0v) is 17.6. The summed E-state index contributed by atoms with van der Waals surface area (Å²) >= 11 is 0. The van der Waals surface area contributed by atoms with Gasteiger partial charge in [-0.05, 0) is 42.5 Å². The second-order valence-corrected chi connectivity index (χ2v) is 7.81. The molecule has 0 bridgehead atoms. The first kappa shape index (κ1) is 19.9. The van der Waals surface area contributed by atoms with E-state index in [0.717, 1.165) is 30.1 Å². The van der Waals surface area contributed by atoms with Crippen LogP contribution in [0.5, 0.6) is 11.5 Å². The van der Waals surface area contributed by atoms with E-state index >= 15 is 0 Å². The Kier molecular flexibility index (Phi) is 5.37. The summed E-state index contributed by atoms with van der Waals surface area (Å²) in [7, 11) is 0. The smallest absolute Gasteiger partial charge is 0.254 e. The number of aromatic hydroxyl groups is 1. The fraction of sp³-hybridized carbons (Fsp3) is 0.200. The highest BCUT2D eigenvalue weighted by molar-refractivity contribution is 5.94. The lowest BCUT2D eigenvalue weighted by molar-refractivity contribution is 0.0746. The molecule has 1 saturated heterocycles. The van der Waals surface area contributed by atoms with Gasteiger partial charge in [0.1, 0.15) is 23.8 Å². The molecule has 1 fully saturated rings. The number of ether oxygens (including phenoxy) is 1. The van der Waals surface area contributed by atoms with Gasteiger partial charge in [0.15, 0.2) is 0 Å². The zero-order valence-electron chi connectivity index (χ0n) is 17.6. The van der Waals surface area contributed by atoms with Gasteiger partial charge in [0, 0.05) is 55.9 Å². The number of hydrogen-bond acceptors (Lipinski definition) is 5. The standard InChI is InChI=1S/C25H24N4O3/c30-22-7-4-6-21(16-22)27-11-13-28(14-12-27)25(31)19-5-3-8-23(15-19)32-18-20-17-29-10-2-1-9-24(29)26-20/h1-10,15-17,30H,11-14,18H2. The number of pyridine rings is 1. The Morgan fingerprint density at radius 1 is 0.969 bits per heavy atom. The fourth-order valence-electron chi connectivity index (χ4n) is 3.97. The van der Waals surface area contributed by atoms with Crippen molar-refractivity contribution in [1.82, 2.24) is 14.3 Å². The van der Waals surface area contributed by atoms with Gasteiger partial charge in [0.05, 0.1) is 5.69 Å². The number of hydrogen-bond donors (Lipinski definition) is 1.